The number of carbonyl (C=O) groups excluding carboxylic acids is 2. The number of unbranched alkanes of at least 4 members (excludes halogenated alkanes) is 28. The van der Waals surface area contributed by atoms with Crippen molar-refractivity contribution in [3.05, 3.63) is 0 Å². The van der Waals surface area contributed by atoms with Crippen molar-refractivity contribution < 1.29 is 19.8 Å². The van der Waals surface area contributed by atoms with Crippen LogP contribution in [0.4, 0.5) is 0 Å². The van der Waals surface area contributed by atoms with E-state index in [1.807, 2.05) is 0 Å². The third-order valence-corrected chi connectivity index (χ3v) is 7.97. The first-order chi connectivity index (χ1) is 19.5. The molecule has 0 aromatic carbocycles. The van der Waals surface area contributed by atoms with Gasteiger partial charge in [-0.15, -0.1) is 0 Å². The summed E-state index contributed by atoms with van der Waals surface area (Å²) in [6, 6.07) is 0. The molecule has 0 bridgehead atoms. The second-order valence-electron chi connectivity index (χ2n) is 12.1. The Bertz CT molecular complexity index is 447. The molecule has 0 amide bonds. The fourth-order valence-corrected chi connectivity index (χ4v) is 5.28. The van der Waals surface area contributed by atoms with E-state index < -0.39 is 11.9 Å². The summed E-state index contributed by atoms with van der Waals surface area (Å²) in [4.78, 5) is 20.4. The minimum atomic E-state index is -0.903. The third-order valence-electron chi connectivity index (χ3n) is 7.97. The van der Waals surface area contributed by atoms with Crippen molar-refractivity contribution >= 4 is 11.9 Å². The molecule has 0 aromatic heterocycles. The maximum atomic E-state index is 10.2. The zero-order valence-corrected chi connectivity index (χ0v) is 27.3. The number of carbonyl (C=O) groups is 2. The van der Waals surface area contributed by atoms with Gasteiger partial charge in [0.05, 0.1) is 9.90 Å². The van der Waals surface area contributed by atoms with Crippen molar-refractivity contribution in [2.45, 2.75) is 219 Å². The van der Waals surface area contributed by atoms with E-state index in [4.69, 9.17) is 0 Å². The zero-order chi connectivity index (χ0) is 29.8. The molecule has 0 rings (SSSR count). The minimum Gasteiger partial charge on any atom is -0.550 e. The van der Waals surface area contributed by atoms with Gasteiger partial charge in [-0.1, -0.05) is 194 Å². The van der Waals surface area contributed by atoms with Crippen LogP contribution < -0.4 is 5.11 Å². The molecule has 0 heterocycles. The maximum Gasteiger partial charge on any atom is 0.657 e. The molecule has 0 aliphatic carbocycles. The lowest BCUT2D eigenvalue weighted by molar-refractivity contribution is -0.305. The monoisotopic (exact) mass is 567 g/mol. The molecule has 0 saturated heterocycles. The van der Waals surface area contributed by atoms with Gasteiger partial charge in [0.1, 0.15) is 6.42 Å². The minimum absolute atomic E-state index is 0.234. The fourth-order valence-electron chi connectivity index (χ4n) is 5.28. The van der Waals surface area contributed by atoms with Gasteiger partial charge in [-0.2, -0.15) is 0 Å². The van der Waals surface area contributed by atoms with Crippen LogP contribution in [-0.2, 0) is 14.7 Å². The Morgan fingerprint density at radius 3 is 0.775 bits per heavy atom. The van der Waals surface area contributed by atoms with E-state index in [-0.39, 0.29) is 12.8 Å². The normalized spacial score (nSPS) is 10.8. The van der Waals surface area contributed by atoms with Gasteiger partial charge in [0.2, 0.25) is 0 Å². The Labute approximate surface area is 250 Å². The van der Waals surface area contributed by atoms with Crippen LogP contribution in [0.3, 0.4) is 0 Å². The Kier molecular flexibility index (Phi) is 39.0. The molecule has 0 fully saturated rings. The largest absolute Gasteiger partial charge is 0.657 e. The number of aliphatic carboxylic acids is 1. The van der Waals surface area contributed by atoms with E-state index in [9.17, 15) is 19.8 Å². The van der Waals surface area contributed by atoms with Crippen molar-refractivity contribution in [2.75, 3.05) is 0 Å². The molecular weight excluding hydrogens is 496 g/mol. The summed E-state index contributed by atoms with van der Waals surface area (Å²) in [5.41, 5.74) is 0. The zero-order valence-electron chi connectivity index (χ0n) is 27.3. The van der Waals surface area contributed by atoms with Gasteiger partial charge < -0.3 is 9.90 Å². The molecule has 4 nitrogen and oxygen atoms in total. The molecular formula is C36H70O4. The molecule has 0 aromatic rings. The second-order valence-corrected chi connectivity index (χ2v) is 12.1. The number of hydrogen-bond acceptors (Lipinski definition) is 3. The molecule has 238 valence electrons. The number of carboxylic acids is 1. The summed E-state index contributed by atoms with van der Waals surface area (Å²) in [6.07, 6.45) is 39.7. The summed E-state index contributed by atoms with van der Waals surface area (Å²) < 4.78 is 0. The lowest BCUT2D eigenvalue weighted by atomic mass is 10.0. The summed E-state index contributed by atoms with van der Waals surface area (Å²) in [5.74, 6) is -1.81. The van der Waals surface area contributed by atoms with E-state index in [1.54, 1.807) is 0 Å². The molecule has 0 aliphatic rings. The standard InChI is InChI=1S/C18H36O2.C18H35O2/c2*1-2-3-4-5-6-7-8-9-10-11-12-13-14-15-16-17-18(19)20/h2-17H2,1H3,(H,19,20);2-17H2,1H3/q;+1/p-1. The number of rotatable bonds is 32. The quantitative estimate of drug-likeness (QED) is 0.0600. The highest BCUT2D eigenvalue weighted by Crippen LogP contribution is 2.15. The molecule has 0 spiro atoms. The molecule has 4 heteroatoms. The lowest BCUT2D eigenvalue weighted by Crippen LogP contribution is -2.21. The Balaban J connectivity index is 0. The molecule has 0 saturated carbocycles. The average molecular weight is 567 g/mol. The van der Waals surface area contributed by atoms with Gasteiger partial charge in [0, 0.05) is 5.97 Å². The van der Waals surface area contributed by atoms with Gasteiger partial charge in [-0.3, -0.25) is 0 Å². The van der Waals surface area contributed by atoms with Gasteiger partial charge >= 0.3 is 5.97 Å². The van der Waals surface area contributed by atoms with Gasteiger partial charge in [0.15, 0.2) is 0 Å². The SMILES string of the molecule is CCCCCCCCCCCCCCCCCC(=O)[O+].CCCCCCCCCCCCCCCCCC(=O)[O-]. The Morgan fingerprint density at radius 1 is 0.375 bits per heavy atom. The van der Waals surface area contributed by atoms with Crippen molar-refractivity contribution in [3.8, 4) is 0 Å². The Hall–Kier alpha value is -1.06. The van der Waals surface area contributed by atoms with E-state index >= 15 is 0 Å². The van der Waals surface area contributed by atoms with Crippen LogP contribution in [-0.4, -0.2) is 11.9 Å². The summed E-state index contributed by atoms with van der Waals surface area (Å²) in [6.45, 7) is 4.53. The molecule has 0 atom stereocenters. The van der Waals surface area contributed by atoms with Crippen LogP contribution in [0.2, 0.25) is 0 Å². The van der Waals surface area contributed by atoms with Crippen LogP contribution in [0.1, 0.15) is 219 Å². The van der Waals surface area contributed by atoms with Crippen LogP contribution in [0.25, 0.3) is 0 Å². The van der Waals surface area contributed by atoms with Crippen molar-refractivity contribution in [1.82, 2.24) is 0 Å². The van der Waals surface area contributed by atoms with Crippen LogP contribution in [0, 0.1) is 0 Å². The average Bonchev–Trinajstić information content (AvgIpc) is 2.93. The first-order valence-corrected chi connectivity index (χ1v) is 17.9. The predicted molar refractivity (Wildman–Crippen MR) is 170 cm³/mol. The molecule has 40 heavy (non-hydrogen) atoms. The number of carboxylic acid groups (broad SMARTS) is 1. The van der Waals surface area contributed by atoms with Crippen molar-refractivity contribution in [2.24, 2.45) is 0 Å². The smallest absolute Gasteiger partial charge is 0.550 e. The first-order valence-electron chi connectivity index (χ1n) is 17.9. The highest BCUT2D eigenvalue weighted by atomic mass is 16.4. The van der Waals surface area contributed by atoms with Crippen LogP contribution >= 0.6 is 0 Å². The molecule has 0 aliphatic heterocycles. The number of hydrogen-bond donors (Lipinski definition) is 0. The van der Waals surface area contributed by atoms with E-state index in [0.29, 0.717) is 0 Å². The summed E-state index contributed by atoms with van der Waals surface area (Å²) in [5, 5.41) is 20.4. The predicted octanol–water partition coefficient (Wildman–Crippen LogP) is 11.2. The molecule has 0 N–H and O–H groups in total. The highest BCUT2D eigenvalue weighted by Gasteiger charge is 2.13. The van der Waals surface area contributed by atoms with E-state index in [1.165, 1.54) is 167 Å². The first kappa shape index (κ1) is 41.1. The lowest BCUT2D eigenvalue weighted by Gasteiger charge is -2.04. The van der Waals surface area contributed by atoms with Gasteiger partial charge in [-0.25, -0.2) is 0 Å². The van der Waals surface area contributed by atoms with Gasteiger partial charge in [0.25, 0.3) is 0 Å². The van der Waals surface area contributed by atoms with E-state index in [0.717, 1.165) is 25.7 Å². The molecule has 0 unspecified atom stereocenters. The van der Waals surface area contributed by atoms with Crippen LogP contribution in [0.5, 0.6) is 0 Å². The van der Waals surface area contributed by atoms with Gasteiger partial charge in [-0.05, 0) is 19.3 Å². The Morgan fingerprint density at radius 2 is 0.575 bits per heavy atom. The molecule has 2 radical (unpaired) electrons. The van der Waals surface area contributed by atoms with Crippen molar-refractivity contribution in [1.29, 1.82) is 0 Å². The third kappa shape index (κ3) is 44.0. The van der Waals surface area contributed by atoms with Crippen molar-refractivity contribution in [3.63, 3.8) is 0 Å². The maximum absolute atomic E-state index is 10.2. The summed E-state index contributed by atoms with van der Waals surface area (Å²) in [7, 11) is 0. The van der Waals surface area contributed by atoms with Crippen LogP contribution in [0.15, 0.2) is 0 Å². The highest BCUT2D eigenvalue weighted by molar-refractivity contribution is 5.66. The topological polar surface area (TPSA) is 77.1 Å². The summed E-state index contributed by atoms with van der Waals surface area (Å²) >= 11 is 0. The fraction of sp³-hybridized carbons (Fsp3) is 0.944. The second kappa shape index (κ2) is 37.9. The van der Waals surface area contributed by atoms with E-state index in [2.05, 4.69) is 13.8 Å².